The zero-order chi connectivity index (χ0) is 12.0. The molecule has 3 aliphatic rings. The Labute approximate surface area is 101 Å². The van der Waals surface area contributed by atoms with Crippen LogP contribution in [0.5, 0.6) is 0 Å². The number of fused-ring (bicyclic) bond motifs is 1. The molecular formula is C13H19NO3. The molecule has 2 N–H and O–H groups in total. The molecule has 0 aromatic heterocycles. The van der Waals surface area contributed by atoms with Crippen LogP contribution in [-0.2, 0) is 9.59 Å². The molecule has 3 rings (SSSR count). The van der Waals surface area contributed by atoms with Crippen LogP contribution in [0.2, 0.25) is 0 Å². The van der Waals surface area contributed by atoms with E-state index in [4.69, 9.17) is 5.11 Å². The molecule has 4 heteroatoms. The standard InChI is InChI=1S/C13H19NO3/c15-11(10-8-3-1-4-9(8)10)14-7-13(12(16)17)5-2-6-13/h8-10H,1-7H2,(H,14,15)(H,16,17). The van der Waals surface area contributed by atoms with Crippen LogP contribution in [0, 0.1) is 23.2 Å². The Bertz CT molecular complexity index is 352. The summed E-state index contributed by atoms with van der Waals surface area (Å²) < 4.78 is 0. The first-order valence-corrected chi connectivity index (χ1v) is 6.65. The van der Waals surface area contributed by atoms with E-state index in [1.54, 1.807) is 0 Å². The summed E-state index contributed by atoms with van der Waals surface area (Å²) in [7, 11) is 0. The van der Waals surface area contributed by atoms with E-state index in [-0.39, 0.29) is 11.8 Å². The topological polar surface area (TPSA) is 66.4 Å². The van der Waals surface area contributed by atoms with Gasteiger partial charge in [0, 0.05) is 12.5 Å². The number of carboxylic acids is 1. The van der Waals surface area contributed by atoms with Crippen molar-refractivity contribution in [3.8, 4) is 0 Å². The number of nitrogens with one attached hydrogen (secondary N) is 1. The Hall–Kier alpha value is -1.06. The summed E-state index contributed by atoms with van der Waals surface area (Å²) in [5.74, 6) is 0.774. The fourth-order valence-electron chi connectivity index (χ4n) is 3.65. The highest BCUT2D eigenvalue weighted by molar-refractivity contribution is 5.83. The van der Waals surface area contributed by atoms with Crippen molar-refractivity contribution < 1.29 is 14.7 Å². The van der Waals surface area contributed by atoms with Crippen LogP contribution in [0.15, 0.2) is 0 Å². The SMILES string of the molecule is O=C(NCC1(C(=O)O)CCC1)C1C2CCCC21. The molecule has 3 saturated carbocycles. The summed E-state index contributed by atoms with van der Waals surface area (Å²) in [6.45, 7) is 0.330. The van der Waals surface area contributed by atoms with Crippen molar-refractivity contribution >= 4 is 11.9 Å². The summed E-state index contributed by atoms with van der Waals surface area (Å²) in [6, 6.07) is 0. The Morgan fingerprint density at radius 1 is 1.18 bits per heavy atom. The highest BCUT2D eigenvalue weighted by Gasteiger charge is 2.56. The second-order valence-corrected chi connectivity index (χ2v) is 5.94. The first-order valence-electron chi connectivity index (χ1n) is 6.65. The molecule has 0 spiro atoms. The molecule has 0 aliphatic heterocycles. The summed E-state index contributed by atoms with van der Waals surface area (Å²) in [5, 5.41) is 12.0. The molecule has 0 heterocycles. The smallest absolute Gasteiger partial charge is 0.311 e. The van der Waals surface area contributed by atoms with Gasteiger partial charge in [-0.15, -0.1) is 0 Å². The van der Waals surface area contributed by atoms with Gasteiger partial charge in [-0.25, -0.2) is 0 Å². The van der Waals surface area contributed by atoms with Crippen LogP contribution < -0.4 is 5.32 Å². The van der Waals surface area contributed by atoms with Crippen molar-refractivity contribution in [3.63, 3.8) is 0 Å². The number of carbonyl (C=O) groups is 2. The lowest BCUT2D eigenvalue weighted by Crippen LogP contribution is -2.48. The quantitative estimate of drug-likeness (QED) is 0.776. The molecule has 3 fully saturated rings. The van der Waals surface area contributed by atoms with Crippen molar-refractivity contribution in [2.45, 2.75) is 38.5 Å². The van der Waals surface area contributed by atoms with Gasteiger partial charge < -0.3 is 10.4 Å². The number of rotatable bonds is 4. The van der Waals surface area contributed by atoms with Gasteiger partial charge in [-0.1, -0.05) is 12.8 Å². The molecule has 2 unspecified atom stereocenters. The van der Waals surface area contributed by atoms with Crippen molar-refractivity contribution in [1.82, 2.24) is 5.32 Å². The molecule has 0 aromatic carbocycles. The predicted octanol–water partition coefficient (Wildman–Crippen LogP) is 1.40. The average Bonchev–Trinajstić information content (AvgIpc) is 2.70. The van der Waals surface area contributed by atoms with Crippen LogP contribution in [0.25, 0.3) is 0 Å². The van der Waals surface area contributed by atoms with E-state index in [9.17, 15) is 9.59 Å². The lowest BCUT2D eigenvalue weighted by atomic mass is 9.69. The first kappa shape index (κ1) is 11.1. The highest BCUT2D eigenvalue weighted by Crippen LogP contribution is 2.57. The third kappa shape index (κ3) is 1.65. The number of carbonyl (C=O) groups excluding carboxylic acids is 1. The summed E-state index contributed by atoms with van der Waals surface area (Å²) in [6.07, 6.45) is 6.02. The molecular weight excluding hydrogens is 218 g/mol. The van der Waals surface area contributed by atoms with Gasteiger partial charge in [-0.05, 0) is 37.5 Å². The molecule has 17 heavy (non-hydrogen) atoms. The van der Waals surface area contributed by atoms with Gasteiger partial charge in [-0.3, -0.25) is 9.59 Å². The Morgan fingerprint density at radius 3 is 2.29 bits per heavy atom. The minimum absolute atomic E-state index is 0.104. The van der Waals surface area contributed by atoms with Gasteiger partial charge in [0.15, 0.2) is 0 Å². The van der Waals surface area contributed by atoms with Crippen molar-refractivity contribution in [3.05, 3.63) is 0 Å². The third-order valence-corrected chi connectivity index (χ3v) is 5.07. The number of hydrogen-bond donors (Lipinski definition) is 2. The van der Waals surface area contributed by atoms with E-state index in [2.05, 4.69) is 5.32 Å². The zero-order valence-electron chi connectivity index (χ0n) is 9.95. The van der Waals surface area contributed by atoms with Crippen LogP contribution in [0.3, 0.4) is 0 Å². The normalized spacial score (nSPS) is 36.8. The van der Waals surface area contributed by atoms with Crippen molar-refractivity contribution in [1.29, 1.82) is 0 Å². The largest absolute Gasteiger partial charge is 0.481 e. The van der Waals surface area contributed by atoms with E-state index < -0.39 is 11.4 Å². The molecule has 94 valence electrons. The van der Waals surface area contributed by atoms with E-state index >= 15 is 0 Å². The second-order valence-electron chi connectivity index (χ2n) is 5.94. The van der Waals surface area contributed by atoms with E-state index in [1.807, 2.05) is 0 Å². The van der Waals surface area contributed by atoms with Gasteiger partial charge in [0.25, 0.3) is 0 Å². The maximum absolute atomic E-state index is 11.9. The van der Waals surface area contributed by atoms with Crippen LogP contribution in [0.4, 0.5) is 0 Å². The number of amides is 1. The molecule has 0 radical (unpaired) electrons. The number of carboxylic acid groups (broad SMARTS) is 1. The summed E-state index contributed by atoms with van der Waals surface area (Å²) in [4.78, 5) is 23.1. The summed E-state index contributed by atoms with van der Waals surface area (Å²) in [5.41, 5.74) is -0.653. The van der Waals surface area contributed by atoms with Gasteiger partial charge in [-0.2, -0.15) is 0 Å². The first-order chi connectivity index (χ1) is 8.14. The van der Waals surface area contributed by atoms with Crippen LogP contribution in [-0.4, -0.2) is 23.5 Å². The van der Waals surface area contributed by atoms with Gasteiger partial charge in [0.05, 0.1) is 5.41 Å². The fraction of sp³-hybridized carbons (Fsp3) is 0.846. The molecule has 4 nitrogen and oxygen atoms in total. The van der Waals surface area contributed by atoms with Crippen molar-refractivity contribution in [2.24, 2.45) is 23.2 Å². The van der Waals surface area contributed by atoms with E-state index in [1.165, 1.54) is 19.3 Å². The average molecular weight is 237 g/mol. The molecule has 0 saturated heterocycles. The minimum atomic E-state index is -0.750. The number of aliphatic carboxylic acids is 1. The second kappa shape index (κ2) is 3.72. The molecule has 3 aliphatic carbocycles. The van der Waals surface area contributed by atoms with Crippen LogP contribution >= 0.6 is 0 Å². The molecule has 0 bridgehead atoms. The predicted molar refractivity (Wildman–Crippen MR) is 61.3 cm³/mol. The van der Waals surface area contributed by atoms with Gasteiger partial charge in [0.2, 0.25) is 5.91 Å². The maximum atomic E-state index is 11.9. The Morgan fingerprint density at radius 2 is 1.82 bits per heavy atom. The van der Waals surface area contributed by atoms with Crippen molar-refractivity contribution in [2.75, 3.05) is 6.54 Å². The minimum Gasteiger partial charge on any atom is -0.481 e. The lowest BCUT2D eigenvalue weighted by molar-refractivity contribution is -0.154. The third-order valence-electron chi connectivity index (χ3n) is 5.07. The number of hydrogen-bond acceptors (Lipinski definition) is 2. The maximum Gasteiger partial charge on any atom is 0.311 e. The fourth-order valence-corrected chi connectivity index (χ4v) is 3.65. The lowest BCUT2D eigenvalue weighted by Gasteiger charge is -2.37. The van der Waals surface area contributed by atoms with Gasteiger partial charge >= 0.3 is 5.97 Å². The Kier molecular flexibility index (Phi) is 2.42. The monoisotopic (exact) mass is 237 g/mol. The zero-order valence-corrected chi connectivity index (χ0v) is 9.95. The van der Waals surface area contributed by atoms with E-state index in [0.29, 0.717) is 31.2 Å². The summed E-state index contributed by atoms with van der Waals surface area (Å²) >= 11 is 0. The van der Waals surface area contributed by atoms with Gasteiger partial charge in [0.1, 0.15) is 0 Å². The molecule has 2 atom stereocenters. The molecule has 0 aromatic rings. The van der Waals surface area contributed by atoms with E-state index in [0.717, 1.165) is 6.42 Å². The Balaban J connectivity index is 1.51. The molecule has 1 amide bonds. The highest BCUT2D eigenvalue weighted by atomic mass is 16.4. The van der Waals surface area contributed by atoms with Crippen LogP contribution in [0.1, 0.15) is 38.5 Å².